The number of rotatable bonds is 5. The van der Waals surface area contributed by atoms with Gasteiger partial charge in [0, 0.05) is 11.5 Å². The maximum absolute atomic E-state index is 12.3. The molecule has 0 saturated heterocycles. The van der Waals surface area contributed by atoms with E-state index in [0.29, 0.717) is 23.3 Å². The van der Waals surface area contributed by atoms with E-state index < -0.39 is 11.9 Å². The summed E-state index contributed by atoms with van der Waals surface area (Å²) in [7, 11) is 0. The highest BCUT2D eigenvalue weighted by Crippen LogP contribution is 2.65. The highest BCUT2D eigenvalue weighted by atomic mass is 16.6. The van der Waals surface area contributed by atoms with Crippen LogP contribution in [0.25, 0.3) is 0 Å². The molecular formula is C19H28O4. The van der Waals surface area contributed by atoms with Gasteiger partial charge in [0.05, 0.1) is 0 Å². The number of esters is 2. The molecule has 0 spiro atoms. The van der Waals surface area contributed by atoms with Crippen LogP contribution in [0.15, 0.2) is 12.2 Å². The number of carbonyl (C=O) groups is 2. The summed E-state index contributed by atoms with van der Waals surface area (Å²) in [6, 6.07) is 0. The molecule has 3 fully saturated rings. The minimum absolute atomic E-state index is 0.292. The predicted octanol–water partition coefficient (Wildman–Crippen LogP) is 3.50. The molecule has 3 rings (SSSR count). The van der Waals surface area contributed by atoms with Crippen LogP contribution >= 0.6 is 0 Å². The molecule has 3 aliphatic carbocycles. The first kappa shape index (κ1) is 16.5. The molecule has 3 aliphatic rings. The van der Waals surface area contributed by atoms with Crippen molar-refractivity contribution in [1.29, 1.82) is 0 Å². The van der Waals surface area contributed by atoms with E-state index >= 15 is 0 Å². The summed E-state index contributed by atoms with van der Waals surface area (Å²) in [5.41, 5.74) is -0.0619. The molecule has 0 aromatic heterocycles. The fraction of sp³-hybridized carbons (Fsp3) is 0.789. The molecule has 0 aromatic rings. The molecule has 0 aromatic carbocycles. The van der Waals surface area contributed by atoms with E-state index in [-0.39, 0.29) is 12.2 Å². The van der Waals surface area contributed by atoms with Crippen LogP contribution in [-0.2, 0) is 19.1 Å². The Kier molecular flexibility index (Phi) is 4.28. The fourth-order valence-electron chi connectivity index (χ4n) is 5.52. The summed E-state index contributed by atoms with van der Waals surface area (Å²) < 4.78 is 10.9. The van der Waals surface area contributed by atoms with E-state index in [1.807, 2.05) is 0 Å². The lowest BCUT2D eigenvalue weighted by atomic mass is 9.68. The van der Waals surface area contributed by atoms with Crippen molar-refractivity contribution in [3.8, 4) is 0 Å². The van der Waals surface area contributed by atoms with E-state index in [2.05, 4.69) is 20.4 Å². The van der Waals surface area contributed by atoms with Crippen LogP contribution in [0.5, 0.6) is 0 Å². The number of hydrogen-bond donors (Lipinski definition) is 0. The zero-order chi connectivity index (χ0) is 16.8. The Morgan fingerprint density at radius 1 is 1.26 bits per heavy atom. The van der Waals surface area contributed by atoms with Crippen LogP contribution in [0.1, 0.15) is 52.9 Å². The topological polar surface area (TPSA) is 52.6 Å². The van der Waals surface area contributed by atoms with Gasteiger partial charge in [-0.1, -0.05) is 26.8 Å². The number of hydrogen-bond acceptors (Lipinski definition) is 4. The average Bonchev–Trinajstić information content (AvgIpc) is 3.15. The normalized spacial score (nSPS) is 37.7. The first-order chi connectivity index (χ1) is 10.8. The lowest BCUT2D eigenvalue weighted by Crippen LogP contribution is -2.49. The predicted molar refractivity (Wildman–Crippen MR) is 86.5 cm³/mol. The Bertz CT molecular complexity index is 523. The molecule has 23 heavy (non-hydrogen) atoms. The van der Waals surface area contributed by atoms with Crippen molar-refractivity contribution in [2.75, 3.05) is 6.61 Å². The lowest BCUT2D eigenvalue weighted by molar-refractivity contribution is -0.184. The third-order valence-corrected chi connectivity index (χ3v) is 6.46. The van der Waals surface area contributed by atoms with Gasteiger partial charge in [-0.2, -0.15) is 0 Å². The Labute approximate surface area is 138 Å². The van der Waals surface area contributed by atoms with E-state index in [0.717, 1.165) is 18.3 Å². The standard InChI is InChI=1S/C19H28O4/c1-11(2)18(21)22-10-17(20)23-19(12(3)4)9-13-8-16(19)15-7-5-6-14(13)15/h12-16H,1,5-10H2,2-4H3. The molecule has 5 atom stereocenters. The van der Waals surface area contributed by atoms with Gasteiger partial charge in [-0.15, -0.1) is 0 Å². The van der Waals surface area contributed by atoms with Gasteiger partial charge in [-0.05, 0) is 56.3 Å². The average molecular weight is 320 g/mol. The van der Waals surface area contributed by atoms with Crippen LogP contribution in [0, 0.1) is 29.6 Å². The number of fused-ring (bicyclic) bond motifs is 5. The van der Waals surface area contributed by atoms with E-state index in [1.165, 1.54) is 25.7 Å². The van der Waals surface area contributed by atoms with E-state index in [9.17, 15) is 9.59 Å². The molecule has 3 saturated carbocycles. The smallest absolute Gasteiger partial charge is 0.344 e. The number of carbonyl (C=O) groups excluding carboxylic acids is 2. The molecule has 0 N–H and O–H groups in total. The van der Waals surface area contributed by atoms with Gasteiger partial charge in [-0.3, -0.25) is 0 Å². The van der Waals surface area contributed by atoms with Crippen LogP contribution in [0.3, 0.4) is 0 Å². The molecule has 0 heterocycles. The molecule has 0 radical (unpaired) electrons. The van der Waals surface area contributed by atoms with Crippen molar-refractivity contribution in [3.05, 3.63) is 12.2 Å². The Hall–Kier alpha value is -1.32. The van der Waals surface area contributed by atoms with Crippen LogP contribution in [0.4, 0.5) is 0 Å². The minimum Gasteiger partial charge on any atom is -0.456 e. The largest absolute Gasteiger partial charge is 0.456 e. The maximum Gasteiger partial charge on any atom is 0.344 e. The van der Waals surface area contributed by atoms with Crippen molar-refractivity contribution < 1.29 is 19.1 Å². The zero-order valence-corrected chi connectivity index (χ0v) is 14.5. The molecule has 5 unspecified atom stereocenters. The summed E-state index contributed by atoms with van der Waals surface area (Å²) in [5, 5.41) is 0. The van der Waals surface area contributed by atoms with Gasteiger partial charge in [-0.25, -0.2) is 9.59 Å². The van der Waals surface area contributed by atoms with Crippen LogP contribution in [0.2, 0.25) is 0 Å². The maximum atomic E-state index is 12.3. The molecule has 2 bridgehead atoms. The van der Waals surface area contributed by atoms with E-state index in [1.54, 1.807) is 6.92 Å². The summed E-state index contributed by atoms with van der Waals surface area (Å²) in [6.45, 7) is 9.08. The third-order valence-electron chi connectivity index (χ3n) is 6.46. The van der Waals surface area contributed by atoms with Gasteiger partial charge in [0.25, 0.3) is 0 Å². The van der Waals surface area contributed by atoms with Gasteiger partial charge in [0.2, 0.25) is 0 Å². The second-order valence-corrected chi connectivity index (χ2v) is 8.01. The first-order valence-corrected chi connectivity index (χ1v) is 8.89. The Morgan fingerprint density at radius 3 is 2.61 bits per heavy atom. The minimum atomic E-state index is -0.538. The fourth-order valence-corrected chi connectivity index (χ4v) is 5.52. The quantitative estimate of drug-likeness (QED) is 0.575. The monoisotopic (exact) mass is 320 g/mol. The van der Waals surface area contributed by atoms with Gasteiger partial charge >= 0.3 is 11.9 Å². The molecule has 4 nitrogen and oxygen atoms in total. The van der Waals surface area contributed by atoms with Crippen molar-refractivity contribution >= 4 is 11.9 Å². The van der Waals surface area contributed by atoms with Gasteiger partial charge in [0.15, 0.2) is 6.61 Å². The van der Waals surface area contributed by atoms with Crippen LogP contribution < -0.4 is 0 Å². The van der Waals surface area contributed by atoms with Crippen molar-refractivity contribution in [2.24, 2.45) is 29.6 Å². The molecular weight excluding hydrogens is 292 g/mol. The Morgan fingerprint density at radius 2 is 1.96 bits per heavy atom. The molecule has 0 amide bonds. The van der Waals surface area contributed by atoms with Gasteiger partial charge < -0.3 is 9.47 Å². The zero-order valence-electron chi connectivity index (χ0n) is 14.5. The van der Waals surface area contributed by atoms with Crippen molar-refractivity contribution in [2.45, 2.75) is 58.5 Å². The third kappa shape index (κ3) is 2.70. The lowest BCUT2D eigenvalue weighted by Gasteiger charge is -2.45. The van der Waals surface area contributed by atoms with Gasteiger partial charge in [0.1, 0.15) is 5.60 Å². The van der Waals surface area contributed by atoms with Crippen molar-refractivity contribution in [1.82, 2.24) is 0 Å². The molecule has 0 aliphatic heterocycles. The first-order valence-electron chi connectivity index (χ1n) is 8.89. The molecule has 128 valence electrons. The second kappa shape index (κ2) is 5.95. The highest BCUT2D eigenvalue weighted by Gasteiger charge is 2.63. The highest BCUT2D eigenvalue weighted by molar-refractivity contribution is 5.88. The van der Waals surface area contributed by atoms with Crippen molar-refractivity contribution in [3.63, 3.8) is 0 Å². The number of ether oxygens (including phenoxy) is 2. The Balaban J connectivity index is 1.67. The SMILES string of the molecule is C=C(C)C(=O)OCC(=O)OC1(C(C)C)CC2CC1C1CCCC21. The summed E-state index contributed by atoms with van der Waals surface area (Å²) >= 11 is 0. The molecule has 4 heteroatoms. The second-order valence-electron chi connectivity index (χ2n) is 8.01. The van der Waals surface area contributed by atoms with Crippen LogP contribution in [-0.4, -0.2) is 24.1 Å². The summed E-state index contributed by atoms with van der Waals surface area (Å²) in [6.07, 6.45) is 6.14. The van der Waals surface area contributed by atoms with E-state index in [4.69, 9.17) is 9.47 Å². The summed E-state index contributed by atoms with van der Waals surface area (Å²) in [5.74, 6) is 2.11. The summed E-state index contributed by atoms with van der Waals surface area (Å²) in [4.78, 5) is 23.7.